The molecule has 1 fully saturated rings. The van der Waals surface area contributed by atoms with E-state index in [1.807, 2.05) is 0 Å². The first kappa shape index (κ1) is 16.1. The highest BCUT2D eigenvalue weighted by molar-refractivity contribution is 9.10. The van der Waals surface area contributed by atoms with Crippen LogP contribution >= 0.6 is 39.9 Å². The molecule has 1 N–H and O–H groups in total. The van der Waals surface area contributed by atoms with Gasteiger partial charge in [-0.05, 0) is 39.7 Å². The number of aromatic hydroxyl groups is 1. The van der Waals surface area contributed by atoms with E-state index in [9.17, 15) is 9.90 Å². The molecule has 1 aliphatic rings. The predicted molar refractivity (Wildman–Crippen MR) is 92.4 cm³/mol. The average molecular weight is 386 g/mol. The zero-order chi connectivity index (χ0) is 15.6. The average Bonchev–Trinajstić information content (AvgIpc) is 2.70. The van der Waals surface area contributed by atoms with Gasteiger partial charge in [0.1, 0.15) is 4.32 Å². The smallest absolute Gasteiger partial charge is 0.266 e. The number of benzene rings is 1. The van der Waals surface area contributed by atoms with Crippen molar-refractivity contribution in [2.45, 2.75) is 0 Å². The standard InChI is InChI=1S/C14H12BrNO3S2/c1-3-4-16-13(18)11(21-14(16)20)7-8-5-9(15)12(17)10(6-8)19-2/h3,5-7,17H,1,4H2,2H3. The van der Waals surface area contributed by atoms with Crippen LogP contribution in [0.3, 0.4) is 0 Å². The molecule has 0 aliphatic carbocycles. The molecule has 7 heteroatoms. The van der Waals surface area contributed by atoms with Crippen LogP contribution in [0.15, 0.2) is 34.2 Å². The van der Waals surface area contributed by atoms with Gasteiger partial charge in [-0.25, -0.2) is 0 Å². The van der Waals surface area contributed by atoms with Gasteiger partial charge in [0, 0.05) is 6.54 Å². The number of hydrogen-bond acceptors (Lipinski definition) is 5. The predicted octanol–water partition coefficient (Wildman–Crippen LogP) is 3.55. The summed E-state index contributed by atoms with van der Waals surface area (Å²) in [6.45, 7) is 4.01. The van der Waals surface area contributed by atoms with Crippen molar-refractivity contribution >= 4 is 56.2 Å². The molecule has 0 saturated carbocycles. The van der Waals surface area contributed by atoms with E-state index in [4.69, 9.17) is 17.0 Å². The number of carbonyl (C=O) groups is 1. The van der Waals surface area contributed by atoms with Crippen molar-refractivity contribution in [2.75, 3.05) is 13.7 Å². The first-order valence-electron chi connectivity index (χ1n) is 5.90. The Morgan fingerprint density at radius 2 is 2.29 bits per heavy atom. The summed E-state index contributed by atoms with van der Waals surface area (Å²) in [5.74, 6) is 0.208. The van der Waals surface area contributed by atoms with Gasteiger partial charge < -0.3 is 9.84 Å². The first-order valence-corrected chi connectivity index (χ1v) is 7.92. The fourth-order valence-corrected chi connectivity index (χ4v) is 3.51. The maximum absolute atomic E-state index is 12.2. The number of phenolic OH excluding ortho intramolecular Hbond substituents is 1. The molecule has 21 heavy (non-hydrogen) atoms. The number of thioether (sulfide) groups is 1. The van der Waals surface area contributed by atoms with Gasteiger partial charge in [-0.15, -0.1) is 6.58 Å². The zero-order valence-corrected chi connectivity index (χ0v) is 14.3. The summed E-state index contributed by atoms with van der Waals surface area (Å²) in [6, 6.07) is 3.36. The summed E-state index contributed by atoms with van der Waals surface area (Å²) in [5, 5.41) is 9.78. The Kier molecular flexibility index (Phi) is 5.08. The first-order chi connectivity index (χ1) is 9.97. The number of rotatable bonds is 4. The Morgan fingerprint density at radius 3 is 2.90 bits per heavy atom. The van der Waals surface area contributed by atoms with E-state index < -0.39 is 0 Å². The molecule has 1 amide bonds. The quantitative estimate of drug-likeness (QED) is 0.487. The van der Waals surface area contributed by atoms with Gasteiger partial charge in [0.05, 0.1) is 16.5 Å². The van der Waals surface area contributed by atoms with E-state index >= 15 is 0 Å². The number of ether oxygens (including phenoxy) is 1. The molecular weight excluding hydrogens is 374 g/mol. The van der Waals surface area contributed by atoms with Crippen molar-refractivity contribution in [1.29, 1.82) is 0 Å². The lowest BCUT2D eigenvalue weighted by Crippen LogP contribution is -2.27. The lowest BCUT2D eigenvalue weighted by Gasteiger charge is -2.10. The van der Waals surface area contributed by atoms with Crippen molar-refractivity contribution in [3.63, 3.8) is 0 Å². The highest BCUT2D eigenvalue weighted by Crippen LogP contribution is 2.38. The van der Waals surface area contributed by atoms with Crippen molar-refractivity contribution in [2.24, 2.45) is 0 Å². The number of halogens is 1. The van der Waals surface area contributed by atoms with Crippen molar-refractivity contribution in [1.82, 2.24) is 4.90 Å². The van der Waals surface area contributed by atoms with Crippen LogP contribution in [0.25, 0.3) is 6.08 Å². The van der Waals surface area contributed by atoms with E-state index in [1.165, 1.54) is 23.8 Å². The third-order valence-corrected chi connectivity index (χ3v) is 4.74. The minimum Gasteiger partial charge on any atom is -0.503 e. The van der Waals surface area contributed by atoms with Crippen LogP contribution in [0.2, 0.25) is 0 Å². The number of nitrogens with zero attached hydrogens (tertiary/aromatic N) is 1. The van der Waals surface area contributed by atoms with Crippen molar-refractivity contribution in [3.05, 3.63) is 39.7 Å². The topological polar surface area (TPSA) is 49.8 Å². The lowest BCUT2D eigenvalue weighted by molar-refractivity contribution is -0.121. The number of thiocarbonyl (C=S) groups is 1. The molecule has 1 heterocycles. The minimum atomic E-state index is -0.145. The molecule has 1 aromatic rings. The SMILES string of the molecule is C=CCN1C(=O)C(=Cc2cc(Br)c(O)c(OC)c2)SC1=S. The minimum absolute atomic E-state index is 0.0221. The summed E-state index contributed by atoms with van der Waals surface area (Å²) in [6.07, 6.45) is 3.35. The second kappa shape index (κ2) is 6.64. The van der Waals surface area contributed by atoms with E-state index in [0.717, 1.165) is 5.56 Å². The molecular formula is C14H12BrNO3S2. The summed E-state index contributed by atoms with van der Waals surface area (Å²) in [7, 11) is 1.47. The molecule has 4 nitrogen and oxygen atoms in total. The van der Waals surface area contributed by atoms with Crippen LogP contribution < -0.4 is 4.74 Å². The lowest BCUT2D eigenvalue weighted by atomic mass is 10.2. The third kappa shape index (κ3) is 3.30. The number of hydrogen-bond donors (Lipinski definition) is 1. The highest BCUT2D eigenvalue weighted by Gasteiger charge is 2.31. The molecule has 0 spiro atoms. The molecule has 1 aliphatic heterocycles. The van der Waals surface area contributed by atoms with E-state index in [2.05, 4.69) is 22.5 Å². The van der Waals surface area contributed by atoms with Crippen LogP contribution in [-0.4, -0.2) is 33.9 Å². The van der Waals surface area contributed by atoms with Gasteiger partial charge in [-0.3, -0.25) is 9.69 Å². The van der Waals surface area contributed by atoms with Crippen LogP contribution in [0.5, 0.6) is 11.5 Å². The summed E-state index contributed by atoms with van der Waals surface area (Å²) < 4.78 is 6.09. The van der Waals surface area contributed by atoms with Crippen LogP contribution in [0, 0.1) is 0 Å². The molecule has 0 radical (unpaired) electrons. The number of phenols is 1. The van der Waals surface area contributed by atoms with Gasteiger partial charge in [-0.1, -0.05) is 30.1 Å². The van der Waals surface area contributed by atoms with E-state index in [0.29, 0.717) is 26.0 Å². The Hall–Kier alpha value is -1.31. The number of carbonyl (C=O) groups excluding carboxylic acids is 1. The molecule has 0 unspecified atom stereocenters. The highest BCUT2D eigenvalue weighted by atomic mass is 79.9. The van der Waals surface area contributed by atoms with Gasteiger partial charge in [0.2, 0.25) is 0 Å². The summed E-state index contributed by atoms with van der Waals surface area (Å²) >= 11 is 9.67. The Bertz CT molecular complexity index is 658. The van der Waals surface area contributed by atoms with Gasteiger partial charge in [-0.2, -0.15) is 0 Å². The molecule has 110 valence electrons. The Balaban J connectivity index is 2.37. The van der Waals surface area contributed by atoms with Gasteiger partial charge in [0.15, 0.2) is 11.5 Å². The van der Waals surface area contributed by atoms with Crippen LogP contribution in [0.1, 0.15) is 5.56 Å². The van der Waals surface area contributed by atoms with Gasteiger partial charge >= 0.3 is 0 Å². The molecule has 2 rings (SSSR count). The zero-order valence-electron chi connectivity index (χ0n) is 11.1. The second-order valence-electron chi connectivity index (χ2n) is 4.13. The fraction of sp³-hybridized carbons (Fsp3) is 0.143. The molecule has 1 saturated heterocycles. The molecule has 0 bridgehead atoms. The second-order valence-corrected chi connectivity index (χ2v) is 6.66. The Morgan fingerprint density at radius 1 is 1.57 bits per heavy atom. The van der Waals surface area contributed by atoms with Crippen molar-refractivity contribution < 1.29 is 14.6 Å². The summed E-state index contributed by atoms with van der Waals surface area (Å²) in [4.78, 5) is 14.2. The maximum atomic E-state index is 12.2. The number of amides is 1. The summed E-state index contributed by atoms with van der Waals surface area (Å²) in [5.41, 5.74) is 0.732. The normalized spacial score (nSPS) is 16.7. The van der Waals surface area contributed by atoms with Gasteiger partial charge in [0.25, 0.3) is 5.91 Å². The largest absolute Gasteiger partial charge is 0.503 e. The molecule has 1 aromatic carbocycles. The van der Waals surface area contributed by atoms with E-state index in [-0.39, 0.29) is 11.7 Å². The van der Waals surface area contributed by atoms with E-state index in [1.54, 1.807) is 24.3 Å². The molecule has 0 aromatic heterocycles. The third-order valence-electron chi connectivity index (χ3n) is 2.75. The monoisotopic (exact) mass is 385 g/mol. The molecule has 0 atom stereocenters. The van der Waals surface area contributed by atoms with Crippen LogP contribution in [-0.2, 0) is 4.79 Å². The number of methoxy groups -OCH3 is 1. The Labute approximate surface area is 140 Å². The maximum Gasteiger partial charge on any atom is 0.266 e. The van der Waals surface area contributed by atoms with Crippen LogP contribution in [0.4, 0.5) is 0 Å². The van der Waals surface area contributed by atoms with Crippen molar-refractivity contribution in [3.8, 4) is 11.5 Å². The fourth-order valence-electron chi connectivity index (χ4n) is 1.77.